The molecule has 2 aromatic carbocycles. The number of pyridine rings is 1. The lowest BCUT2D eigenvalue weighted by Gasteiger charge is -2.35. The van der Waals surface area contributed by atoms with Gasteiger partial charge in [0.2, 0.25) is 0 Å². The van der Waals surface area contributed by atoms with Gasteiger partial charge >= 0.3 is 0 Å². The number of anilines is 2. The number of sulfonamides is 1. The third-order valence-electron chi connectivity index (χ3n) is 5.54. The van der Waals surface area contributed by atoms with Gasteiger partial charge in [-0.2, -0.15) is 0 Å². The van der Waals surface area contributed by atoms with E-state index in [1.807, 2.05) is 24.3 Å². The number of nitrogens with zero attached hydrogens (tertiary/aromatic N) is 4. The highest BCUT2D eigenvalue weighted by Gasteiger charge is 2.27. The SMILES string of the molecule is CCN(c1ccccc1)S(=O)(=O)c1cccc(C(=O)N2CCN(c3ccccn3)CC2)c1. The number of hydrogen-bond acceptors (Lipinski definition) is 5. The third kappa shape index (κ3) is 4.45. The molecule has 0 atom stereocenters. The van der Waals surface area contributed by atoms with Gasteiger partial charge in [-0.25, -0.2) is 13.4 Å². The van der Waals surface area contributed by atoms with Crippen molar-refractivity contribution in [2.45, 2.75) is 11.8 Å². The summed E-state index contributed by atoms with van der Waals surface area (Å²) in [5, 5.41) is 0. The second-order valence-corrected chi connectivity index (χ2v) is 9.36. The minimum atomic E-state index is -3.79. The molecule has 0 saturated carbocycles. The highest BCUT2D eigenvalue weighted by Crippen LogP contribution is 2.24. The molecule has 166 valence electrons. The molecule has 0 aliphatic carbocycles. The van der Waals surface area contributed by atoms with Crippen molar-refractivity contribution in [2.24, 2.45) is 0 Å². The molecule has 1 fully saturated rings. The highest BCUT2D eigenvalue weighted by atomic mass is 32.2. The lowest BCUT2D eigenvalue weighted by atomic mass is 10.2. The summed E-state index contributed by atoms with van der Waals surface area (Å²) in [7, 11) is -3.79. The number of para-hydroxylation sites is 1. The molecule has 32 heavy (non-hydrogen) atoms. The second kappa shape index (κ2) is 9.40. The van der Waals surface area contributed by atoms with Crippen LogP contribution in [0.3, 0.4) is 0 Å². The van der Waals surface area contributed by atoms with Gasteiger partial charge in [-0.05, 0) is 49.4 Å². The van der Waals surface area contributed by atoms with E-state index in [9.17, 15) is 13.2 Å². The van der Waals surface area contributed by atoms with Crippen LogP contribution in [0.15, 0.2) is 83.9 Å². The van der Waals surface area contributed by atoms with Crippen LogP contribution in [0, 0.1) is 0 Å². The predicted molar refractivity (Wildman–Crippen MR) is 125 cm³/mol. The molecule has 1 aliphatic rings. The number of carbonyl (C=O) groups is 1. The van der Waals surface area contributed by atoms with Crippen LogP contribution in [0.5, 0.6) is 0 Å². The molecule has 0 spiro atoms. The molecule has 1 aromatic heterocycles. The maximum Gasteiger partial charge on any atom is 0.264 e. The standard InChI is InChI=1S/C24H26N4O3S/c1-2-28(21-10-4-3-5-11-21)32(30,31)22-12-8-9-20(19-22)24(29)27-17-15-26(16-18-27)23-13-6-7-14-25-23/h3-14,19H,2,15-18H2,1H3. The molecule has 4 rings (SSSR count). The summed E-state index contributed by atoms with van der Waals surface area (Å²) in [6.07, 6.45) is 1.76. The van der Waals surface area contributed by atoms with E-state index in [1.165, 1.54) is 16.4 Å². The van der Waals surface area contributed by atoms with E-state index in [2.05, 4.69) is 9.88 Å². The Morgan fingerprint density at radius 2 is 1.66 bits per heavy atom. The fraction of sp³-hybridized carbons (Fsp3) is 0.250. The maximum atomic E-state index is 13.3. The van der Waals surface area contributed by atoms with Crippen LogP contribution in [0.1, 0.15) is 17.3 Å². The number of hydrogen-bond donors (Lipinski definition) is 0. The van der Waals surface area contributed by atoms with Crippen LogP contribution in [-0.2, 0) is 10.0 Å². The molecule has 1 aliphatic heterocycles. The van der Waals surface area contributed by atoms with E-state index >= 15 is 0 Å². The average molecular weight is 451 g/mol. The first kappa shape index (κ1) is 21.8. The molecule has 2 heterocycles. The van der Waals surface area contributed by atoms with Crippen LogP contribution >= 0.6 is 0 Å². The van der Waals surface area contributed by atoms with Gasteiger partial charge in [0, 0.05) is 44.5 Å². The van der Waals surface area contributed by atoms with Crippen LogP contribution in [-0.4, -0.2) is 56.9 Å². The van der Waals surface area contributed by atoms with Crippen molar-refractivity contribution in [3.8, 4) is 0 Å². The summed E-state index contributed by atoms with van der Waals surface area (Å²) in [4.78, 5) is 21.5. The summed E-state index contributed by atoms with van der Waals surface area (Å²) >= 11 is 0. The minimum absolute atomic E-state index is 0.112. The molecular formula is C24H26N4O3S. The zero-order valence-corrected chi connectivity index (χ0v) is 18.8. The lowest BCUT2D eigenvalue weighted by molar-refractivity contribution is 0.0746. The third-order valence-corrected chi connectivity index (χ3v) is 7.44. The predicted octanol–water partition coefficient (Wildman–Crippen LogP) is 3.26. The Balaban J connectivity index is 1.51. The summed E-state index contributed by atoms with van der Waals surface area (Å²) in [6.45, 7) is 4.55. The van der Waals surface area contributed by atoms with Crippen molar-refractivity contribution in [3.05, 3.63) is 84.6 Å². The van der Waals surface area contributed by atoms with Crippen molar-refractivity contribution in [1.29, 1.82) is 0 Å². The fourth-order valence-electron chi connectivity index (χ4n) is 3.86. The van der Waals surface area contributed by atoms with Gasteiger partial charge in [0.25, 0.3) is 15.9 Å². The van der Waals surface area contributed by atoms with Crippen LogP contribution in [0.2, 0.25) is 0 Å². The Hall–Kier alpha value is -3.39. The Labute approximate surface area is 189 Å². The van der Waals surface area contributed by atoms with Crippen molar-refractivity contribution >= 4 is 27.4 Å². The topological polar surface area (TPSA) is 73.8 Å². The Morgan fingerprint density at radius 3 is 2.31 bits per heavy atom. The summed E-state index contributed by atoms with van der Waals surface area (Å²) in [6, 6.07) is 21.1. The Morgan fingerprint density at radius 1 is 0.938 bits per heavy atom. The molecule has 0 radical (unpaired) electrons. The quantitative estimate of drug-likeness (QED) is 0.576. The van der Waals surface area contributed by atoms with Gasteiger partial charge in [-0.15, -0.1) is 0 Å². The van der Waals surface area contributed by atoms with Gasteiger partial charge in [-0.3, -0.25) is 9.10 Å². The Kier molecular flexibility index (Phi) is 6.41. The van der Waals surface area contributed by atoms with Gasteiger partial charge in [0.15, 0.2) is 0 Å². The zero-order valence-electron chi connectivity index (χ0n) is 18.0. The largest absolute Gasteiger partial charge is 0.353 e. The molecule has 0 N–H and O–H groups in total. The number of amides is 1. The van der Waals surface area contributed by atoms with Gasteiger partial charge < -0.3 is 9.80 Å². The molecule has 8 heteroatoms. The summed E-state index contributed by atoms with van der Waals surface area (Å²) < 4.78 is 28.0. The van der Waals surface area contributed by atoms with E-state index in [4.69, 9.17) is 0 Å². The van der Waals surface area contributed by atoms with Crippen molar-refractivity contribution in [2.75, 3.05) is 41.9 Å². The lowest BCUT2D eigenvalue weighted by Crippen LogP contribution is -2.49. The smallest absolute Gasteiger partial charge is 0.264 e. The first-order chi connectivity index (χ1) is 15.5. The zero-order chi connectivity index (χ0) is 22.6. The molecule has 7 nitrogen and oxygen atoms in total. The number of rotatable bonds is 6. The molecule has 3 aromatic rings. The van der Waals surface area contributed by atoms with Gasteiger partial charge in [-0.1, -0.05) is 30.3 Å². The van der Waals surface area contributed by atoms with Gasteiger partial charge in [0.1, 0.15) is 5.82 Å². The summed E-state index contributed by atoms with van der Waals surface area (Å²) in [5.74, 6) is 0.735. The average Bonchev–Trinajstić information content (AvgIpc) is 2.85. The van der Waals surface area contributed by atoms with Crippen molar-refractivity contribution in [3.63, 3.8) is 0 Å². The molecule has 0 unspecified atom stereocenters. The van der Waals surface area contributed by atoms with Crippen LogP contribution in [0.25, 0.3) is 0 Å². The van der Waals surface area contributed by atoms with Gasteiger partial charge in [0.05, 0.1) is 10.6 Å². The maximum absolute atomic E-state index is 13.3. The highest BCUT2D eigenvalue weighted by molar-refractivity contribution is 7.92. The second-order valence-electron chi connectivity index (χ2n) is 7.50. The van der Waals surface area contributed by atoms with E-state index in [-0.39, 0.29) is 10.8 Å². The summed E-state index contributed by atoms with van der Waals surface area (Å²) in [5.41, 5.74) is 0.971. The molecule has 1 saturated heterocycles. The van der Waals surface area contributed by atoms with Crippen LogP contribution in [0.4, 0.5) is 11.5 Å². The first-order valence-electron chi connectivity index (χ1n) is 10.6. The van der Waals surface area contributed by atoms with E-state index in [0.29, 0.717) is 44.0 Å². The number of piperazine rings is 1. The van der Waals surface area contributed by atoms with Crippen LogP contribution < -0.4 is 9.21 Å². The van der Waals surface area contributed by atoms with E-state index in [0.717, 1.165) is 5.82 Å². The Bertz CT molecular complexity index is 1160. The van der Waals surface area contributed by atoms with Crippen molar-refractivity contribution in [1.82, 2.24) is 9.88 Å². The monoisotopic (exact) mass is 450 g/mol. The normalized spacial score (nSPS) is 14.3. The minimum Gasteiger partial charge on any atom is -0.353 e. The number of carbonyl (C=O) groups excluding carboxylic acids is 1. The molecule has 0 bridgehead atoms. The number of aromatic nitrogens is 1. The first-order valence-corrected chi connectivity index (χ1v) is 12.1. The molecular weight excluding hydrogens is 424 g/mol. The number of benzene rings is 2. The van der Waals surface area contributed by atoms with E-state index in [1.54, 1.807) is 54.4 Å². The van der Waals surface area contributed by atoms with Crippen molar-refractivity contribution < 1.29 is 13.2 Å². The van der Waals surface area contributed by atoms with E-state index < -0.39 is 10.0 Å². The molecule has 1 amide bonds. The fourth-order valence-corrected chi connectivity index (χ4v) is 5.38.